The summed E-state index contributed by atoms with van der Waals surface area (Å²) in [6.07, 6.45) is 5.46. The van der Waals surface area contributed by atoms with Crippen molar-refractivity contribution in [2.75, 3.05) is 26.2 Å². The predicted molar refractivity (Wildman–Crippen MR) is 100 cm³/mol. The summed E-state index contributed by atoms with van der Waals surface area (Å²) in [5.41, 5.74) is 1.04. The second-order valence-corrected chi connectivity index (χ2v) is 10.1. The molecule has 0 radical (unpaired) electrons. The number of carbonyl (C=O) groups excluding carboxylic acids is 1. The Morgan fingerprint density at radius 2 is 1.77 bits per heavy atom. The summed E-state index contributed by atoms with van der Waals surface area (Å²) >= 11 is 0. The van der Waals surface area contributed by atoms with Gasteiger partial charge >= 0.3 is 0 Å². The van der Waals surface area contributed by atoms with Crippen LogP contribution in [0.2, 0.25) is 0 Å². The SMILES string of the molecule is Cc1ccc(S(=O)(=O)N2CCCN(C(=O)[C@@H]3C[C@H]4CC[C@H]3C4)CC2)cc1. The van der Waals surface area contributed by atoms with Crippen molar-refractivity contribution in [1.29, 1.82) is 0 Å². The third-order valence-electron chi connectivity index (χ3n) is 6.48. The number of aryl methyl sites for hydroxylation is 1. The van der Waals surface area contributed by atoms with E-state index in [1.807, 2.05) is 24.0 Å². The minimum atomic E-state index is -3.48. The highest BCUT2D eigenvalue weighted by Gasteiger charge is 2.44. The van der Waals surface area contributed by atoms with Gasteiger partial charge in [0.2, 0.25) is 15.9 Å². The summed E-state index contributed by atoms with van der Waals surface area (Å²) in [6.45, 7) is 4.01. The van der Waals surface area contributed by atoms with Gasteiger partial charge in [-0.05, 0) is 56.6 Å². The fourth-order valence-electron chi connectivity index (χ4n) is 5.00. The molecule has 1 aromatic rings. The molecule has 5 nitrogen and oxygen atoms in total. The van der Waals surface area contributed by atoms with Crippen molar-refractivity contribution >= 4 is 15.9 Å². The van der Waals surface area contributed by atoms with Gasteiger partial charge in [-0.25, -0.2) is 8.42 Å². The smallest absolute Gasteiger partial charge is 0.243 e. The lowest BCUT2D eigenvalue weighted by molar-refractivity contribution is -0.137. The Bertz CT molecular complexity index is 775. The fraction of sp³-hybridized carbons (Fsp3) is 0.650. The van der Waals surface area contributed by atoms with Crippen LogP contribution in [0.4, 0.5) is 0 Å². The van der Waals surface area contributed by atoms with E-state index in [1.54, 1.807) is 16.4 Å². The molecule has 0 spiro atoms. The Hall–Kier alpha value is -1.40. The Morgan fingerprint density at radius 3 is 2.42 bits per heavy atom. The highest BCUT2D eigenvalue weighted by Crippen LogP contribution is 2.48. The third kappa shape index (κ3) is 3.29. The van der Waals surface area contributed by atoms with Crippen LogP contribution in [0.5, 0.6) is 0 Å². The Balaban J connectivity index is 1.43. The molecule has 4 rings (SSSR count). The monoisotopic (exact) mass is 376 g/mol. The van der Waals surface area contributed by atoms with Crippen LogP contribution >= 0.6 is 0 Å². The minimum absolute atomic E-state index is 0.189. The number of sulfonamides is 1. The first-order valence-electron chi connectivity index (χ1n) is 9.81. The first-order valence-corrected chi connectivity index (χ1v) is 11.2. The molecule has 1 aromatic carbocycles. The molecule has 1 amide bonds. The quantitative estimate of drug-likeness (QED) is 0.815. The molecule has 26 heavy (non-hydrogen) atoms. The highest BCUT2D eigenvalue weighted by molar-refractivity contribution is 7.89. The van der Waals surface area contributed by atoms with Crippen LogP contribution in [0.1, 0.15) is 37.7 Å². The molecule has 1 heterocycles. The second-order valence-electron chi connectivity index (χ2n) is 8.18. The molecule has 6 heteroatoms. The maximum absolute atomic E-state index is 13.0. The van der Waals surface area contributed by atoms with E-state index in [1.165, 1.54) is 19.3 Å². The van der Waals surface area contributed by atoms with Gasteiger partial charge < -0.3 is 4.90 Å². The van der Waals surface area contributed by atoms with Gasteiger partial charge in [0.25, 0.3) is 0 Å². The normalized spacial score (nSPS) is 29.7. The second kappa shape index (κ2) is 6.97. The molecule has 2 aliphatic carbocycles. The molecule has 3 atom stereocenters. The van der Waals surface area contributed by atoms with Crippen LogP contribution in [0.3, 0.4) is 0 Å². The molecule has 0 N–H and O–H groups in total. The van der Waals surface area contributed by atoms with Crippen molar-refractivity contribution in [3.8, 4) is 0 Å². The first-order chi connectivity index (χ1) is 12.4. The van der Waals surface area contributed by atoms with E-state index in [4.69, 9.17) is 0 Å². The number of fused-ring (bicyclic) bond motifs is 2. The first kappa shape index (κ1) is 18.0. The summed E-state index contributed by atoms with van der Waals surface area (Å²) in [5, 5.41) is 0. The molecule has 0 aromatic heterocycles. The fourth-order valence-corrected chi connectivity index (χ4v) is 6.47. The van der Waals surface area contributed by atoms with Crippen molar-refractivity contribution in [3.05, 3.63) is 29.8 Å². The zero-order chi connectivity index (χ0) is 18.3. The van der Waals surface area contributed by atoms with Gasteiger partial charge in [0.1, 0.15) is 0 Å². The number of amides is 1. The van der Waals surface area contributed by atoms with Crippen molar-refractivity contribution in [2.45, 2.75) is 43.9 Å². The standard InChI is InChI=1S/C20H28N2O3S/c1-15-3-7-18(8-4-15)26(24,25)22-10-2-9-21(11-12-22)20(23)19-14-16-5-6-17(19)13-16/h3-4,7-8,16-17,19H,2,5-6,9-14H2,1H3/t16-,17-,19+/m0/s1. The summed E-state index contributed by atoms with van der Waals surface area (Å²) in [4.78, 5) is 15.2. The van der Waals surface area contributed by atoms with Crippen molar-refractivity contribution in [3.63, 3.8) is 0 Å². The van der Waals surface area contributed by atoms with Crippen LogP contribution < -0.4 is 0 Å². The zero-order valence-electron chi connectivity index (χ0n) is 15.4. The molecular formula is C20H28N2O3S. The Morgan fingerprint density at radius 1 is 1.00 bits per heavy atom. The number of hydrogen-bond acceptors (Lipinski definition) is 3. The molecule has 3 fully saturated rings. The number of rotatable bonds is 3. The van der Waals surface area contributed by atoms with E-state index in [9.17, 15) is 13.2 Å². The van der Waals surface area contributed by atoms with Gasteiger partial charge in [-0.2, -0.15) is 4.31 Å². The van der Waals surface area contributed by atoms with Gasteiger partial charge in [-0.15, -0.1) is 0 Å². The van der Waals surface area contributed by atoms with Crippen LogP contribution in [0.25, 0.3) is 0 Å². The van der Waals surface area contributed by atoms with E-state index in [2.05, 4.69) is 0 Å². The highest BCUT2D eigenvalue weighted by atomic mass is 32.2. The lowest BCUT2D eigenvalue weighted by Crippen LogP contribution is -2.41. The Kier molecular flexibility index (Phi) is 4.82. The van der Waals surface area contributed by atoms with E-state index < -0.39 is 10.0 Å². The molecule has 2 bridgehead atoms. The van der Waals surface area contributed by atoms with Crippen LogP contribution in [-0.2, 0) is 14.8 Å². The van der Waals surface area contributed by atoms with Crippen LogP contribution in [0.15, 0.2) is 29.2 Å². The summed E-state index contributed by atoms with van der Waals surface area (Å²) in [7, 11) is -3.48. The Labute approximate surface area is 156 Å². The molecule has 0 unspecified atom stereocenters. The number of carbonyl (C=O) groups is 1. The van der Waals surface area contributed by atoms with Crippen molar-refractivity contribution in [1.82, 2.24) is 9.21 Å². The van der Waals surface area contributed by atoms with Crippen LogP contribution in [-0.4, -0.2) is 49.7 Å². The average molecular weight is 377 g/mol. The molecule has 1 aliphatic heterocycles. The summed E-state index contributed by atoms with van der Waals surface area (Å²) in [6, 6.07) is 7.01. The molecule has 3 aliphatic rings. The van der Waals surface area contributed by atoms with E-state index in [0.29, 0.717) is 43.4 Å². The minimum Gasteiger partial charge on any atom is -0.341 e. The average Bonchev–Trinajstić information content (AvgIpc) is 3.17. The van der Waals surface area contributed by atoms with Crippen molar-refractivity contribution < 1.29 is 13.2 Å². The third-order valence-corrected chi connectivity index (χ3v) is 8.39. The van der Waals surface area contributed by atoms with E-state index in [0.717, 1.165) is 17.9 Å². The number of benzene rings is 1. The maximum Gasteiger partial charge on any atom is 0.243 e. The molecule has 2 saturated carbocycles. The predicted octanol–water partition coefficient (Wildman–Crippen LogP) is 2.65. The molecule has 142 valence electrons. The van der Waals surface area contributed by atoms with Gasteiger partial charge in [0, 0.05) is 32.1 Å². The lowest BCUT2D eigenvalue weighted by Gasteiger charge is -2.28. The van der Waals surface area contributed by atoms with Crippen molar-refractivity contribution in [2.24, 2.45) is 17.8 Å². The largest absolute Gasteiger partial charge is 0.341 e. The number of nitrogens with zero attached hydrogens (tertiary/aromatic N) is 2. The van der Waals surface area contributed by atoms with Gasteiger partial charge in [-0.1, -0.05) is 24.1 Å². The van der Waals surface area contributed by atoms with Gasteiger partial charge in [0.05, 0.1) is 4.90 Å². The zero-order valence-corrected chi connectivity index (χ0v) is 16.2. The van der Waals surface area contributed by atoms with E-state index in [-0.39, 0.29) is 11.8 Å². The van der Waals surface area contributed by atoms with Gasteiger partial charge in [0.15, 0.2) is 0 Å². The molecular weight excluding hydrogens is 348 g/mol. The maximum atomic E-state index is 13.0. The number of hydrogen-bond donors (Lipinski definition) is 0. The lowest BCUT2D eigenvalue weighted by atomic mass is 9.87. The topological polar surface area (TPSA) is 57.7 Å². The summed E-state index contributed by atoms with van der Waals surface area (Å²) < 4.78 is 27.4. The van der Waals surface area contributed by atoms with Gasteiger partial charge in [-0.3, -0.25) is 4.79 Å². The summed E-state index contributed by atoms with van der Waals surface area (Å²) in [5.74, 6) is 1.78. The van der Waals surface area contributed by atoms with Crippen LogP contribution in [0, 0.1) is 24.7 Å². The molecule has 1 saturated heterocycles. The van der Waals surface area contributed by atoms with E-state index >= 15 is 0 Å².